The number of benzene rings is 3. The van der Waals surface area contributed by atoms with Crippen LogP contribution in [0.1, 0.15) is 27.2 Å². The maximum atomic E-state index is 13.3. The van der Waals surface area contributed by atoms with Crippen molar-refractivity contribution >= 4 is 23.2 Å². The maximum Gasteiger partial charge on any atom is 0.294 e. The summed E-state index contributed by atoms with van der Waals surface area (Å²) in [7, 11) is 0. The van der Waals surface area contributed by atoms with Gasteiger partial charge in [-0.1, -0.05) is 36.4 Å². The first-order valence-corrected chi connectivity index (χ1v) is 10.5. The first kappa shape index (κ1) is 22.0. The van der Waals surface area contributed by atoms with Crippen LogP contribution >= 0.6 is 0 Å². The minimum Gasteiger partial charge on any atom is -0.459 e. The molecule has 1 aromatic heterocycles. The molecule has 0 saturated carbocycles. The monoisotopic (exact) mass is 442 g/mol. The number of rotatable bonds is 7. The van der Waals surface area contributed by atoms with Crippen LogP contribution in [-0.2, 0) is 17.8 Å². The van der Waals surface area contributed by atoms with Crippen LogP contribution in [0.15, 0.2) is 95.6 Å². The van der Waals surface area contributed by atoms with Crippen molar-refractivity contribution in [2.75, 3.05) is 10.2 Å². The molecule has 0 aliphatic heterocycles. The van der Waals surface area contributed by atoms with Crippen LogP contribution in [0.5, 0.6) is 0 Å². The van der Waals surface area contributed by atoms with Crippen LogP contribution in [-0.4, -0.2) is 11.8 Å². The lowest BCUT2D eigenvalue weighted by molar-refractivity contribution is -0.115. The van der Waals surface area contributed by atoms with Crippen molar-refractivity contribution < 1.29 is 18.4 Å². The fraction of sp³-hybridized carbons (Fsp3) is 0.111. The van der Waals surface area contributed by atoms with E-state index in [1.165, 1.54) is 18.4 Å². The van der Waals surface area contributed by atoms with Crippen molar-refractivity contribution in [1.29, 1.82) is 0 Å². The number of nitrogens with zero attached hydrogens (tertiary/aromatic N) is 1. The van der Waals surface area contributed by atoms with Gasteiger partial charge in [0.2, 0.25) is 5.91 Å². The van der Waals surface area contributed by atoms with Crippen LogP contribution < -0.4 is 10.2 Å². The van der Waals surface area contributed by atoms with Crippen molar-refractivity contribution in [3.05, 3.63) is 119 Å². The third-order valence-corrected chi connectivity index (χ3v) is 5.12. The van der Waals surface area contributed by atoms with Gasteiger partial charge in [-0.25, -0.2) is 4.39 Å². The molecule has 4 rings (SSSR count). The van der Waals surface area contributed by atoms with Crippen molar-refractivity contribution in [3.63, 3.8) is 0 Å². The van der Waals surface area contributed by atoms with Crippen LogP contribution in [0.25, 0.3) is 0 Å². The minimum atomic E-state index is -0.343. The van der Waals surface area contributed by atoms with Gasteiger partial charge in [-0.3, -0.25) is 9.59 Å². The van der Waals surface area contributed by atoms with E-state index in [-0.39, 0.29) is 36.4 Å². The number of hydrogen-bond donors (Lipinski definition) is 1. The molecule has 4 aromatic rings. The molecule has 0 saturated heterocycles. The molecule has 0 aliphatic carbocycles. The fourth-order valence-electron chi connectivity index (χ4n) is 3.53. The molecule has 3 aromatic carbocycles. The van der Waals surface area contributed by atoms with E-state index in [4.69, 9.17) is 4.42 Å². The summed E-state index contributed by atoms with van der Waals surface area (Å²) >= 11 is 0. The average Bonchev–Trinajstić information content (AvgIpc) is 3.33. The zero-order chi connectivity index (χ0) is 23.2. The molecule has 6 heteroatoms. The van der Waals surface area contributed by atoms with Crippen molar-refractivity contribution in [2.24, 2.45) is 0 Å². The zero-order valence-electron chi connectivity index (χ0n) is 18.1. The molecular weight excluding hydrogens is 419 g/mol. The van der Waals surface area contributed by atoms with E-state index in [1.54, 1.807) is 47.4 Å². The Morgan fingerprint density at radius 3 is 2.42 bits per heavy atom. The van der Waals surface area contributed by atoms with Gasteiger partial charge in [-0.05, 0) is 72.1 Å². The summed E-state index contributed by atoms with van der Waals surface area (Å²) in [5, 5.41) is 2.90. The van der Waals surface area contributed by atoms with Gasteiger partial charge in [0.05, 0.1) is 19.2 Å². The second-order valence-corrected chi connectivity index (χ2v) is 7.76. The first-order valence-electron chi connectivity index (χ1n) is 10.5. The molecule has 5 nitrogen and oxygen atoms in total. The van der Waals surface area contributed by atoms with Gasteiger partial charge < -0.3 is 14.6 Å². The van der Waals surface area contributed by atoms with Gasteiger partial charge in [0.15, 0.2) is 5.76 Å². The third-order valence-electron chi connectivity index (χ3n) is 5.12. The Morgan fingerprint density at radius 1 is 0.909 bits per heavy atom. The van der Waals surface area contributed by atoms with Crippen molar-refractivity contribution in [1.82, 2.24) is 0 Å². The van der Waals surface area contributed by atoms with Crippen LogP contribution in [0.4, 0.5) is 15.8 Å². The summed E-state index contributed by atoms with van der Waals surface area (Å²) < 4.78 is 18.7. The third kappa shape index (κ3) is 5.74. The number of hydrogen-bond acceptors (Lipinski definition) is 3. The Morgan fingerprint density at radius 2 is 1.70 bits per heavy atom. The number of carbonyl (C=O) groups excluding carboxylic acids is 2. The predicted molar refractivity (Wildman–Crippen MR) is 126 cm³/mol. The molecule has 0 radical (unpaired) electrons. The van der Waals surface area contributed by atoms with Crippen LogP contribution in [0.2, 0.25) is 0 Å². The van der Waals surface area contributed by atoms with Crippen LogP contribution in [0.3, 0.4) is 0 Å². The predicted octanol–water partition coefficient (Wildman–Crippen LogP) is 5.76. The highest BCUT2D eigenvalue weighted by atomic mass is 19.1. The number of aryl methyl sites for hydroxylation is 1. The highest BCUT2D eigenvalue weighted by molar-refractivity contribution is 6.04. The highest BCUT2D eigenvalue weighted by Gasteiger charge is 2.21. The number of halogens is 1. The normalized spacial score (nSPS) is 10.6. The van der Waals surface area contributed by atoms with Crippen LogP contribution in [0, 0.1) is 12.7 Å². The van der Waals surface area contributed by atoms with E-state index in [2.05, 4.69) is 5.32 Å². The quantitative estimate of drug-likeness (QED) is 0.396. The van der Waals surface area contributed by atoms with Crippen molar-refractivity contribution in [3.8, 4) is 0 Å². The molecule has 1 N–H and O–H groups in total. The molecule has 0 spiro atoms. The standard InChI is InChI=1S/C27H23FN2O3/c1-19-5-2-7-23(15-19)29-26(31)17-21-6-3-8-24(16-21)30(27(32)25-9-4-14-33-25)18-20-10-12-22(28)13-11-20/h2-16H,17-18H2,1H3,(H,29,31). The zero-order valence-corrected chi connectivity index (χ0v) is 18.1. The number of carbonyl (C=O) groups is 2. The van der Waals surface area contributed by atoms with Gasteiger partial charge >= 0.3 is 0 Å². The molecule has 166 valence electrons. The second kappa shape index (κ2) is 9.96. The molecular formula is C27H23FN2O3. The smallest absolute Gasteiger partial charge is 0.294 e. The van der Waals surface area contributed by atoms with Gasteiger partial charge in [-0.15, -0.1) is 0 Å². The topological polar surface area (TPSA) is 62.6 Å². The lowest BCUT2D eigenvalue weighted by Gasteiger charge is -2.23. The fourth-order valence-corrected chi connectivity index (χ4v) is 3.53. The summed E-state index contributed by atoms with van der Waals surface area (Å²) in [5.41, 5.74) is 3.93. The first-order chi connectivity index (χ1) is 16.0. The summed E-state index contributed by atoms with van der Waals surface area (Å²) in [6, 6.07) is 24.1. The minimum absolute atomic E-state index is 0.153. The van der Waals surface area contributed by atoms with Gasteiger partial charge in [0.1, 0.15) is 5.82 Å². The molecule has 2 amide bonds. The lowest BCUT2D eigenvalue weighted by atomic mass is 10.1. The highest BCUT2D eigenvalue weighted by Crippen LogP contribution is 2.23. The SMILES string of the molecule is Cc1cccc(NC(=O)Cc2cccc(N(Cc3ccc(F)cc3)C(=O)c3ccco3)c2)c1. The number of nitrogens with one attached hydrogen (secondary N) is 1. The van der Waals surface area contributed by atoms with E-state index in [0.717, 1.165) is 22.4 Å². The molecule has 0 unspecified atom stereocenters. The number of furan rings is 1. The Balaban J connectivity index is 1.56. The summed E-state index contributed by atoms with van der Waals surface area (Å²) in [6.45, 7) is 2.18. The van der Waals surface area contributed by atoms with E-state index < -0.39 is 0 Å². The van der Waals surface area contributed by atoms with Gasteiger partial charge in [0.25, 0.3) is 5.91 Å². The molecule has 0 fully saturated rings. The lowest BCUT2D eigenvalue weighted by Crippen LogP contribution is -2.30. The average molecular weight is 442 g/mol. The number of anilines is 2. The Labute approximate surface area is 191 Å². The molecule has 33 heavy (non-hydrogen) atoms. The summed E-state index contributed by atoms with van der Waals surface area (Å²) in [6.07, 6.45) is 1.59. The Hall–Kier alpha value is -4.19. The molecule has 0 aliphatic rings. The van der Waals surface area contributed by atoms with E-state index in [1.807, 2.05) is 37.3 Å². The Bertz CT molecular complexity index is 1250. The Kier molecular flexibility index (Phi) is 6.64. The second-order valence-electron chi connectivity index (χ2n) is 7.76. The van der Waals surface area contributed by atoms with Crippen molar-refractivity contribution in [2.45, 2.75) is 19.9 Å². The van der Waals surface area contributed by atoms with E-state index in [0.29, 0.717) is 5.69 Å². The summed E-state index contributed by atoms with van der Waals surface area (Å²) in [4.78, 5) is 27.3. The largest absolute Gasteiger partial charge is 0.459 e. The van der Waals surface area contributed by atoms with E-state index >= 15 is 0 Å². The van der Waals surface area contributed by atoms with E-state index in [9.17, 15) is 14.0 Å². The number of amides is 2. The maximum absolute atomic E-state index is 13.3. The van der Waals surface area contributed by atoms with Gasteiger partial charge in [0, 0.05) is 11.4 Å². The summed E-state index contributed by atoms with van der Waals surface area (Å²) in [5.74, 6) is -0.630. The molecule has 1 heterocycles. The van der Waals surface area contributed by atoms with Gasteiger partial charge in [-0.2, -0.15) is 0 Å². The molecule has 0 atom stereocenters. The molecule has 0 bridgehead atoms.